The van der Waals surface area contributed by atoms with Crippen molar-refractivity contribution in [1.82, 2.24) is 19.4 Å². The number of piperazine rings is 1. The first-order valence-electron chi connectivity index (χ1n) is 12.9. The maximum atomic E-state index is 15.2. The number of nitrogens with one attached hydrogen (secondary N) is 2. The molecule has 1 aliphatic heterocycles. The molecule has 0 unspecified atom stereocenters. The Morgan fingerprint density at radius 2 is 1.92 bits per heavy atom. The number of H-pyrrole nitrogens is 1. The van der Waals surface area contributed by atoms with E-state index in [4.69, 9.17) is 0 Å². The molecule has 5 rings (SSSR count). The molecule has 2 aliphatic rings. The number of hydrogen-bond acceptors (Lipinski definition) is 8. The van der Waals surface area contributed by atoms with Crippen LogP contribution >= 0.6 is 11.8 Å². The van der Waals surface area contributed by atoms with Crippen LogP contribution in [0.5, 0.6) is 0 Å². The summed E-state index contributed by atoms with van der Waals surface area (Å²) in [4.78, 5) is 59.6. The van der Waals surface area contributed by atoms with E-state index in [9.17, 15) is 24.3 Å². The number of rotatable bonds is 9. The lowest BCUT2D eigenvalue weighted by molar-refractivity contribution is -0.117. The number of pyridine rings is 1. The van der Waals surface area contributed by atoms with Crippen LogP contribution in [0.2, 0.25) is 0 Å². The first-order valence-corrected chi connectivity index (χ1v) is 13.8. The zero-order valence-corrected chi connectivity index (χ0v) is 22.2. The molecule has 11 nitrogen and oxygen atoms in total. The number of thioether (sulfide) groups is 1. The number of halogens is 1. The first kappa shape index (κ1) is 26.9. The number of carbonyl (C=O) groups is 2. The number of amides is 1. The van der Waals surface area contributed by atoms with Gasteiger partial charge in [0.25, 0.3) is 5.56 Å². The predicted molar refractivity (Wildman–Crippen MR) is 147 cm³/mol. The molecule has 0 atom stereocenters. The van der Waals surface area contributed by atoms with E-state index < -0.39 is 17.2 Å². The third-order valence-corrected chi connectivity index (χ3v) is 7.86. The second kappa shape index (κ2) is 11.2. The van der Waals surface area contributed by atoms with E-state index in [1.807, 2.05) is 16.7 Å². The second-order valence-corrected chi connectivity index (χ2v) is 10.8. The van der Waals surface area contributed by atoms with Gasteiger partial charge >= 0.3 is 5.97 Å². The number of carboxylic acid groups (broad SMARTS) is 1. The maximum absolute atomic E-state index is 15.2. The van der Waals surface area contributed by atoms with Gasteiger partial charge in [0, 0.05) is 55.6 Å². The molecular weight excluding hydrogens is 527 g/mol. The Balaban J connectivity index is 1.26. The lowest BCUT2D eigenvalue weighted by Crippen LogP contribution is -2.49. The van der Waals surface area contributed by atoms with Crippen molar-refractivity contribution in [2.24, 2.45) is 0 Å². The quantitative estimate of drug-likeness (QED) is 0.268. The van der Waals surface area contributed by atoms with Gasteiger partial charge in [0.2, 0.25) is 11.3 Å². The Labute approximate surface area is 227 Å². The summed E-state index contributed by atoms with van der Waals surface area (Å²) < 4.78 is 17.0. The number of carboxylic acids is 1. The van der Waals surface area contributed by atoms with Crippen molar-refractivity contribution in [2.75, 3.05) is 48.7 Å². The zero-order valence-electron chi connectivity index (χ0n) is 21.4. The van der Waals surface area contributed by atoms with Crippen LogP contribution in [0.1, 0.15) is 42.6 Å². The van der Waals surface area contributed by atoms with Crippen molar-refractivity contribution >= 4 is 46.0 Å². The van der Waals surface area contributed by atoms with Crippen molar-refractivity contribution in [3.63, 3.8) is 0 Å². The number of aromatic amines is 1. The van der Waals surface area contributed by atoms with Crippen LogP contribution in [0.15, 0.2) is 39.1 Å². The largest absolute Gasteiger partial charge is 0.477 e. The molecule has 3 aromatic rings. The summed E-state index contributed by atoms with van der Waals surface area (Å²) in [5, 5.41) is 12.6. The van der Waals surface area contributed by atoms with Crippen LogP contribution in [-0.2, 0) is 4.79 Å². The van der Waals surface area contributed by atoms with Gasteiger partial charge in [0.1, 0.15) is 17.2 Å². The number of carbonyl (C=O) groups excluding carboxylic acids is 1. The Kier molecular flexibility index (Phi) is 7.71. The summed E-state index contributed by atoms with van der Waals surface area (Å²) in [6.45, 7) is 4.03. The van der Waals surface area contributed by atoms with Gasteiger partial charge in [-0.05, 0) is 31.4 Å². The molecule has 2 aromatic heterocycles. The highest BCUT2D eigenvalue weighted by Gasteiger charge is 2.28. The Morgan fingerprint density at radius 3 is 2.59 bits per heavy atom. The van der Waals surface area contributed by atoms with Gasteiger partial charge in [-0.2, -0.15) is 0 Å². The minimum Gasteiger partial charge on any atom is -0.477 e. The van der Waals surface area contributed by atoms with Crippen molar-refractivity contribution in [3.05, 3.63) is 56.4 Å². The van der Waals surface area contributed by atoms with E-state index in [1.165, 1.54) is 24.0 Å². The summed E-state index contributed by atoms with van der Waals surface area (Å²) in [7, 11) is 0. The van der Waals surface area contributed by atoms with Gasteiger partial charge < -0.3 is 24.9 Å². The molecule has 13 heteroatoms. The van der Waals surface area contributed by atoms with Crippen LogP contribution in [0.3, 0.4) is 0 Å². The van der Waals surface area contributed by atoms with Gasteiger partial charge in [-0.1, -0.05) is 18.7 Å². The van der Waals surface area contributed by atoms with E-state index in [1.54, 1.807) is 10.6 Å². The summed E-state index contributed by atoms with van der Waals surface area (Å²) in [5.74, 6) is -1.22. The number of benzene rings is 1. The standard InChI is InChI=1S/C26H29FN6O5S/c1-2-9-39-26-29-21(12-22(34)30-26)28-23(35)14-31-5-7-32(8-6-31)20-11-19-16(10-18(20)27)24(36)17(25(37)38)13-33(19)15-3-4-15/h10-13,15H,2-9,14H2,1H3,(H,37,38)(H2,28,29,30,34,35). The fourth-order valence-electron chi connectivity index (χ4n) is 4.71. The van der Waals surface area contributed by atoms with Crippen molar-refractivity contribution in [1.29, 1.82) is 0 Å². The van der Waals surface area contributed by atoms with E-state index >= 15 is 4.39 Å². The van der Waals surface area contributed by atoms with Crippen molar-refractivity contribution in [3.8, 4) is 0 Å². The molecule has 0 bridgehead atoms. The molecule has 206 valence electrons. The minimum absolute atomic E-state index is 0.0583. The molecule has 39 heavy (non-hydrogen) atoms. The minimum atomic E-state index is -1.33. The summed E-state index contributed by atoms with van der Waals surface area (Å²) in [6.07, 6.45) is 4.03. The van der Waals surface area contributed by atoms with Gasteiger partial charge in [0.05, 0.1) is 17.7 Å². The number of fused-ring (bicyclic) bond motifs is 1. The fourth-order valence-corrected chi connectivity index (χ4v) is 5.44. The molecule has 3 heterocycles. The van der Waals surface area contributed by atoms with E-state index in [-0.39, 0.29) is 40.8 Å². The fraction of sp³-hybridized carbons (Fsp3) is 0.423. The van der Waals surface area contributed by atoms with Crippen molar-refractivity contribution in [2.45, 2.75) is 37.4 Å². The molecule has 1 aromatic carbocycles. The molecule has 2 fully saturated rings. The molecule has 0 radical (unpaired) electrons. The molecule has 0 spiro atoms. The number of anilines is 2. The second-order valence-electron chi connectivity index (χ2n) is 9.73. The number of hydrogen-bond donors (Lipinski definition) is 3. The summed E-state index contributed by atoms with van der Waals surface area (Å²) in [6, 6.07) is 4.11. The highest BCUT2D eigenvalue weighted by molar-refractivity contribution is 7.99. The van der Waals surface area contributed by atoms with Gasteiger partial charge in [-0.3, -0.25) is 19.3 Å². The summed E-state index contributed by atoms with van der Waals surface area (Å²) in [5.41, 5.74) is -0.529. The van der Waals surface area contributed by atoms with Crippen LogP contribution in [0.25, 0.3) is 10.9 Å². The summed E-state index contributed by atoms with van der Waals surface area (Å²) >= 11 is 1.41. The van der Waals surface area contributed by atoms with Crippen LogP contribution < -0.4 is 21.2 Å². The molecule has 3 N–H and O–H groups in total. The molecule has 1 saturated carbocycles. The molecule has 1 amide bonds. The van der Waals surface area contributed by atoms with Gasteiger partial charge in [-0.25, -0.2) is 14.2 Å². The van der Waals surface area contributed by atoms with Gasteiger partial charge in [0.15, 0.2) is 5.16 Å². The monoisotopic (exact) mass is 556 g/mol. The number of aromatic carboxylic acids is 1. The Hall–Kier alpha value is -3.71. The topological polar surface area (TPSA) is 141 Å². The molecule has 1 saturated heterocycles. The lowest BCUT2D eigenvalue weighted by Gasteiger charge is -2.36. The first-order chi connectivity index (χ1) is 18.7. The lowest BCUT2D eigenvalue weighted by atomic mass is 10.1. The highest BCUT2D eigenvalue weighted by Crippen LogP contribution is 2.38. The average molecular weight is 557 g/mol. The average Bonchev–Trinajstić information content (AvgIpc) is 3.73. The van der Waals surface area contributed by atoms with E-state index in [0.29, 0.717) is 42.5 Å². The Morgan fingerprint density at radius 1 is 1.18 bits per heavy atom. The van der Waals surface area contributed by atoms with Gasteiger partial charge in [-0.15, -0.1) is 0 Å². The van der Waals surface area contributed by atoms with E-state index in [0.717, 1.165) is 31.1 Å². The normalized spacial score (nSPS) is 16.0. The molecular formula is C26H29FN6O5S. The number of nitrogens with zero attached hydrogens (tertiary/aromatic N) is 4. The highest BCUT2D eigenvalue weighted by atomic mass is 32.2. The zero-order chi connectivity index (χ0) is 27.7. The third-order valence-electron chi connectivity index (χ3n) is 6.78. The maximum Gasteiger partial charge on any atom is 0.341 e. The third kappa shape index (κ3) is 5.98. The van der Waals surface area contributed by atoms with Crippen molar-refractivity contribution < 1.29 is 19.1 Å². The predicted octanol–water partition coefficient (Wildman–Crippen LogP) is 2.52. The smallest absolute Gasteiger partial charge is 0.341 e. The SMILES string of the molecule is CCCSc1nc(NC(=O)CN2CCN(c3cc4c(cc3F)c(=O)c(C(=O)O)cn4C3CC3)CC2)cc(=O)[nH]1. The Bertz CT molecular complexity index is 1540. The molecule has 1 aliphatic carbocycles. The number of aromatic nitrogens is 3. The van der Waals surface area contributed by atoms with Crippen LogP contribution in [0.4, 0.5) is 15.9 Å². The van der Waals surface area contributed by atoms with Crippen LogP contribution in [0, 0.1) is 5.82 Å². The van der Waals surface area contributed by atoms with E-state index in [2.05, 4.69) is 15.3 Å². The van der Waals surface area contributed by atoms with Crippen LogP contribution in [-0.4, -0.2) is 74.9 Å².